The van der Waals surface area contributed by atoms with E-state index in [2.05, 4.69) is 0 Å². The number of hydrogen-bond acceptors (Lipinski definition) is 0. The fourth-order valence-electron chi connectivity index (χ4n) is 0. The van der Waals surface area contributed by atoms with Gasteiger partial charge >= 0.3 is 198 Å². The summed E-state index contributed by atoms with van der Waals surface area (Å²) < 4.78 is 0. The van der Waals surface area contributed by atoms with E-state index < -0.39 is 0 Å². The Morgan fingerprint density at radius 3 is 0.400 bits per heavy atom. The zero-order valence-electron chi connectivity index (χ0n) is 10.1. The quantitative estimate of drug-likeness (QED) is 0.278. The van der Waals surface area contributed by atoms with Gasteiger partial charge in [0.2, 0.25) is 0 Å². The van der Waals surface area contributed by atoms with Gasteiger partial charge < -0.3 is 60.2 Å². The van der Waals surface area contributed by atoms with Gasteiger partial charge in [-0.2, -0.15) is 0 Å². The summed E-state index contributed by atoms with van der Waals surface area (Å²) >= 11 is 0. The smallest absolute Gasteiger partial charge is 2.00 e. The Labute approximate surface area is 253 Å². The van der Waals surface area contributed by atoms with Crippen molar-refractivity contribution in [3.63, 3.8) is 0 Å². The van der Waals surface area contributed by atoms with Gasteiger partial charge in [-0.3, -0.25) is 0 Å². The third-order valence-corrected chi connectivity index (χ3v) is 0. The van der Waals surface area contributed by atoms with Gasteiger partial charge in [0, 0.05) is 0 Å². The van der Waals surface area contributed by atoms with E-state index in [4.69, 9.17) is 0 Å². The van der Waals surface area contributed by atoms with Crippen LogP contribution in [0.15, 0.2) is 0 Å². The van der Waals surface area contributed by atoms with Crippen LogP contribution in [0.4, 0.5) is 0 Å². The van der Waals surface area contributed by atoms with E-state index in [9.17, 15) is 0 Å². The average molecular weight is 503 g/mol. The molecule has 0 amide bonds. The van der Waals surface area contributed by atoms with E-state index in [1.807, 2.05) is 0 Å². The van der Waals surface area contributed by atoms with Crippen molar-refractivity contribution in [3.8, 4) is 0 Å². The molecule has 0 N–H and O–H groups in total. The first-order chi connectivity index (χ1) is 0. The predicted octanol–water partition coefficient (Wildman–Crippen LogP) is -8.83. The van der Waals surface area contributed by atoms with Gasteiger partial charge in [0.25, 0.3) is 0 Å². The molecule has 20 heteroatoms. The molecule has 0 aliphatic rings. The summed E-state index contributed by atoms with van der Waals surface area (Å²) in [4.78, 5) is 0. The van der Waals surface area contributed by atoms with Gasteiger partial charge in [0.1, 0.15) is 0 Å². The van der Waals surface area contributed by atoms with E-state index in [0.717, 1.165) is 0 Å². The van der Waals surface area contributed by atoms with Crippen molar-refractivity contribution < 1.29 is 175 Å². The van der Waals surface area contributed by atoms with Gasteiger partial charge in [-0.1, -0.05) is 0 Å². The molecule has 0 aromatic carbocycles. The second-order valence-electron chi connectivity index (χ2n) is 0. The van der Waals surface area contributed by atoms with Crippen molar-refractivity contribution in [2.24, 2.45) is 0 Å². The van der Waals surface area contributed by atoms with Crippen LogP contribution in [0.5, 0.6) is 0 Å². The van der Waals surface area contributed by atoms with E-state index in [-0.39, 0.29) is 259 Å². The normalized spacial score (nSPS) is 0. The monoisotopic (exact) mass is 503 g/mol. The first-order valence-corrected chi connectivity index (χ1v) is 0. The summed E-state index contributed by atoms with van der Waals surface area (Å²) in [5.74, 6) is 0. The van der Waals surface area contributed by atoms with Crippen LogP contribution in [-0.2, 0) is 116 Å². The minimum atomic E-state index is 0. The summed E-state index contributed by atoms with van der Waals surface area (Å²) in [5.41, 5.74) is 0. The second kappa shape index (κ2) is 413. The van der Waals surface area contributed by atoms with Crippen molar-refractivity contribution in [3.05, 3.63) is 0 Å². The van der Waals surface area contributed by atoms with Crippen LogP contribution in [0.1, 0.15) is 0 Å². The third kappa shape index (κ3) is 364. The molecule has 99 valence electrons. The third-order valence-electron chi connectivity index (χ3n) is 0. The van der Waals surface area contributed by atoms with Crippen molar-refractivity contribution in [1.29, 1.82) is 0 Å². The van der Waals surface area contributed by atoms with Gasteiger partial charge in [-0.25, -0.2) is 0 Å². The molecular weight excluding hydrogens is 503 g/mol. The Hall–Kier alpha value is 5.85. The topological polar surface area (TPSA) is 314 Å². The molecular formula is Al2CaFeMnNa2O11SiTi. The zero-order chi connectivity index (χ0) is 0. The average Bonchev–Trinajstić information content (AvgIpc) is 0. The SMILES string of the molecule is [Al+3].[Al+3].[Ca+2].[Fe+2].[Mn+2].[Na+].[Na+].[O-2].[O-2].[O-2].[O-2].[O-2].[O-2].[O-2].[O-2].[O-2].[O-2].[O-2].[Si+4].[Ti+4]. The molecule has 11 nitrogen and oxygen atoms in total. The minimum absolute atomic E-state index is 0. The number of rotatable bonds is 0. The Morgan fingerprint density at radius 2 is 0.400 bits per heavy atom. The maximum Gasteiger partial charge on any atom is 4.00 e. The van der Waals surface area contributed by atoms with E-state index in [1.54, 1.807) is 0 Å². The van der Waals surface area contributed by atoms with Gasteiger partial charge in [0.05, 0.1) is 0 Å². The van der Waals surface area contributed by atoms with Crippen molar-refractivity contribution in [2.45, 2.75) is 0 Å². The molecule has 0 rings (SSSR count). The summed E-state index contributed by atoms with van der Waals surface area (Å²) in [6.45, 7) is 0. The van der Waals surface area contributed by atoms with E-state index in [1.165, 1.54) is 0 Å². The molecule has 0 saturated heterocycles. The minimum Gasteiger partial charge on any atom is -2.00 e. The zero-order valence-corrected chi connectivity index (χ0v) is 23.4. The molecule has 0 heterocycles. The van der Waals surface area contributed by atoms with Crippen molar-refractivity contribution in [2.75, 3.05) is 0 Å². The molecule has 0 atom stereocenters. The molecule has 0 aliphatic heterocycles. The van der Waals surface area contributed by atoms with Crippen LogP contribution >= 0.6 is 0 Å². The first-order valence-electron chi connectivity index (χ1n) is 0. The Kier molecular flexibility index (Phi) is 9610. The second-order valence-corrected chi connectivity index (χ2v) is 0. The van der Waals surface area contributed by atoms with E-state index in [0.29, 0.717) is 0 Å². The molecule has 20 heavy (non-hydrogen) atoms. The van der Waals surface area contributed by atoms with Gasteiger partial charge in [0.15, 0.2) is 0 Å². The van der Waals surface area contributed by atoms with E-state index >= 15 is 0 Å². The van der Waals surface area contributed by atoms with Crippen molar-refractivity contribution in [1.82, 2.24) is 0 Å². The van der Waals surface area contributed by atoms with Crippen LogP contribution in [-0.4, -0.2) is 83.4 Å². The Bertz CT molecular complexity index is 44.4. The summed E-state index contributed by atoms with van der Waals surface area (Å²) in [6.07, 6.45) is 0. The molecule has 0 aromatic rings. The summed E-state index contributed by atoms with van der Waals surface area (Å²) in [7, 11) is 0. The first kappa shape index (κ1) is 466. The Morgan fingerprint density at radius 1 is 0.400 bits per heavy atom. The molecule has 0 fully saturated rings. The van der Waals surface area contributed by atoms with Crippen LogP contribution in [0.25, 0.3) is 0 Å². The molecule has 1 radical (unpaired) electrons. The van der Waals surface area contributed by atoms with Gasteiger partial charge in [-0.05, 0) is 0 Å². The van der Waals surface area contributed by atoms with Crippen LogP contribution < -0.4 is 59.1 Å². The van der Waals surface area contributed by atoms with Crippen LogP contribution in [0.3, 0.4) is 0 Å². The molecule has 0 aromatic heterocycles. The summed E-state index contributed by atoms with van der Waals surface area (Å²) in [5, 5.41) is 0. The summed E-state index contributed by atoms with van der Waals surface area (Å²) in [6, 6.07) is 0. The maximum atomic E-state index is 0. The predicted molar refractivity (Wildman–Crippen MR) is 30.6 cm³/mol. The van der Waals surface area contributed by atoms with Crippen molar-refractivity contribution >= 4 is 83.4 Å². The van der Waals surface area contributed by atoms with Crippen LogP contribution in [0.2, 0.25) is 0 Å². The molecule has 0 unspecified atom stereocenters. The fraction of sp³-hybridized carbons (Fsp3) is 0. The molecule has 0 aliphatic carbocycles. The molecule has 0 saturated carbocycles. The molecule has 0 bridgehead atoms. The standard InChI is InChI=1S/2Al.Ca.Fe.Mn.2Na.11O.Si.Ti/q2*+3;3*+2;2*+1;11*-2;2*+4. The van der Waals surface area contributed by atoms with Gasteiger partial charge in [-0.15, -0.1) is 0 Å². The molecule has 0 spiro atoms. The van der Waals surface area contributed by atoms with Crippen LogP contribution in [0, 0.1) is 0 Å². The largest absolute Gasteiger partial charge is 4.00 e. The maximum absolute atomic E-state index is 0. The fourth-order valence-corrected chi connectivity index (χ4v) is 0. The Balaban J connectivity index is 0. The number of hydrogen-bond donors (Lipinski definition) is 0.